The van der Waals surface area contributed by atoms with Crippen LogP contribution in [0.15, 0.2) is 52.9 Å². The van der Waals surface area contributed by atoms with Crippen LogP contribution in [0.2, 0.25) is 0 Å². The highest BCUT2D eigenvalue weighted by atomic mass is 16.6. The fourth-order valence-corrected chi connectivity index (χ4v) is 2.34. The van der Waals surface area contributed by atoms with Gasteiger partial charge in [-0.2, -0.15) is 0 Å². The monoisotopic (exact) mass is 369 g/mol. The van der Waals surface area contributed by atoms with Gasteiger partial charge in [-0.25, -0.2) is 4.79 Å². The molecule has 9 nitrogen and oxygen atoms in total. The first-order valence-electron chi connectivity index (χ1n) is 7.92. The van der Waals surface area contributed by atoms with Crippen molar-refractivity contribution in [1.82, 2.24) is 10.2 Å². The molecular formula is C18H15N3O6. The van der Waals surface area contributed by atoms with Crippen LogP contribution in [0.3, 0.4) is 0 Å². The summed E-state index contributed by atoms with van der Waals surface area (Å²) in [5.41, 5.74) is 0.413. The van der Waals surface area contributed by atoms with E-state index in [0.717, 1.165) is 11.6 Å². The topological polar surface area (TPSA) is 118 Å². The van der Waals surface area contributed by atoms with Crippen LogP contribution in [0.4, 0.5) is 5.69 Å². The molecule has 0 radical (unpaired) electrons. The zero-order valence-electron chi connectivity index (χ0n) is 14.5. The van der Waals surface area contributed by atoms with Crippen LogP contribution in [0.25, 0.3) is 11.5 Å². The lowest BCUT2D eigenvalue weighted by molar-refractivity contribution is -0.384. The number of hydrogen-bond donors (Lipinski definition) is 0. The van der Waals surface area contributed by atoms with E-state index >= 15 is 0 Å². The second kappa shape index (κ2) is 7.65. The first-order chi connectivity index (χ1) is 13.0. The number of aromatic nitrogens is 2. The number of esters is 1. The Labute approximate surface area is 153 Å². The number of non-ortho nitro benzene ring substituents is 1. The normalized spacial score (nSPS) is 11.6. The second-order valence-corrected chi connectivity index (χ2v) is 5.50. The summed E-state index contributed by atoms with van der Waals surface area (Å²) in [5.74, 6) is -0.246. The van der Waals surface area contributed by atoms with Crippen LogP contribution in [-0.4, -0.2) is 28.2 Å². The summed E-state index contributed by atoms with van der Waals surface area (Å²) in [6, 6.07) is 12.8. The Hall–Kier alpha value is -3.75. The molecule has 27 heavy (non-hydrogen) atoms. The average molecular weight is 369 g/mol. The van der Waals surface area contributed by atoms with E-state index in [0.29, 0.717) is 5.89 Å². The molecule has 0 aliphatic carbocycles. The van der Waals surface area contributed by atoms with E-state index in [-0.39, 0.29) is 22.9 Å². The SMILES string of the molecule is COc1ccc([N+](=O)[O-])cc1C(=O)OC(C)c1nnc(-c2ccccc2)o1. The van der Waals surface area contributed by atoms with Crippen molar-refractivity contribution in [2.75, 3.05) is 7.11 Å². The molecule has 0 N–H and O–H groups in total. The third-order valence-corrected chi connectivity index (χ3v) is 3.71. The molecule has 0 aliphatic rings. The van der Waals surface area contributed by atoms with E-state index in [1.54, 1.807) is 6.92 Å². The molecule has 2 aromatic carbocycles. The van der Waals surface area contributed by atoms with E-state index in [1.165, 1.54) is 19.2 Å². The smallest absolute Gasteiger partial charge is 0.342 e. The number of carbonyl (C=O) groups excluding carboxylic acids is 1. The lowest BCUT2D eigenvalue weighted by Crippen LogP contribution is -2.11. The number of hydrogen-bond acceptors (Lipinski definition) is 8. The van der Waals surface area contributed by atoms with Gasteiger partial charge >= 0.3 is 5.97 Å². The lowest BCUT2D eigenvalue weighted by atomic mass is 10.2. The van der Waals surface area contributed by atoms with Gasteiger partial charge in [-0.1, -0.05) is 18.2 Å². The van der Waals surface area contributed by atoms with Gasteiger partial charge in [0.05, 0.1) is 12.0 Å². The van der Waals surface area contributed by atoms with Crippen molar-refractivity contribution in [1.29, 1.82) is 0 Å². The van der Waals surface area contributed by atoms with Gasteiger partial charge in [-0.15, -0.1) is 10.2 Å². The molecule has 1 unspecified atom stereocenters. The lowest BCUT2D eigenvalue weighted by Gasteiger charge is -2.11. The zero-order chi connectivity index (χ0) is 19.4. The summed E-state index contributed by atoms with van der Waals surface area (Å²) >= 11 is 0. The molecule has 3 rings (SSSR count). The Morgan fingerprint density at radius 3 is 2.59 bits per heavy atom. The van der Waals surface area contributed by atoms with Crippen LogP contribution >= 0.6 is 0 Å². The number of nitro groups is 1. The first kappa shape index (κ1) is 18.1. The van der Waals surface area contributed by atoms with E-state index < -0.39 is 17.0 Å². The van der Waals surface area contributed by atoms with Crippen molar-refractivity contribution in [2.45, 2.75) is 13.0 Å². The molecule has 0 saturated carbocycles. The van der Waals surface area contributed by atoms with Crippen LogP contribution in [-0.2, 0) is 4.74 Å². The van der Waals surface area contributed by atoms with Gasteiger partial charge in [0, 0.05) is 17.7 Å². The van der Waals surface area contributed by atoms with E-state index in [4.69, 9.17) is 13.9 Å². The van der Waals surface area contributed by atoms with Crippen molar-refractivity contribution in [3.63, 3.8) is 0 Å². The largest absolute Gasteiger partial charge is 0.496 e. The van der Waals surface area contributed by atoms with Gasteiger partial charge in [0.25, 0.3) is 11.6 Å². The van der Waals surface area contributed by atoms with Gasteiger partial charge in [-0.3, -0.25) is 10.1 Å². The van der Waals surface area contributed by atoms with Crippen LogP contribution in [0.1, 0.15) is 29.3 Å². The highest BCUT2D eigenvalue weighted by molar-refractivity contribution is 5.93. The van der Waals surface area contributed by atoms with Crippen molar-refractivity contribution in [3.05, 3.63) is 70.1 Å². The molecule has 138 valence electrons. The predicted molar refractivity (Wildman–Crippen MR) is 93.2 cm³/mol. The van der Waals surface area contributed by atoms with Crippen molar-refractivity contribution >= 4 is 11.7 Å². The van der Waals surface area contributed by atoms with Crippen molar-refractivity contribution in [2.24, 2.45) is 0 Å². The summed E-state index contributed by atoms with van der Waals surface area (Å²) in [6.07, 6.45) is -0.855. The third kappa shape index (κ3) is 3.92. The maximum Gasteiger partial charge on any atom is 0.342 e. The quantitative estimate of drug-likeness (QED) is 0.368. The van der Waals surface area contributed by atoms with Crippen molar-refractivity contribution < 1.29 is 23.6 Å². The number of carbonyl (C=O) groups is 1. The molecule has 0 bridgehead atoms. The van der Waals surface area contributed by atoms with E-state index in [2.05, 4.69) is 10.2 Å². The molecule has 9 heteroatoms. The Balaban J connectivity index is 1.79. The summed E-state index contributed by atoms with van der Waals surface area (Å²) < 4.78 is 15.9. The number of ether oxygens (including phenoxy) is 2. The Bertz CT molecular complexity index is 970. The predicted octanol–water partition coefficient (Wildman–Crippen LogP) is 3.57. The molecule has 1 heterocycles. The van der Waals surface area contributed by atoms with Crippen LogP contribution in [0, 0.1) is 10.1 Å². The minimum atomic E-state index is -0.855. The zero-order valence-corrected chi connectivity index (χ0v) is 14.5. The maximum atomic E-state index is 12.4. The maximum absolute atomic E-state index is 12.4. The average Bonchev–Trinajstić information content (AvgIpc) is 3.18. The second-order valence-electron chi connectivity index (χ2n) is 5.50. The minimum Gasteiger partial charge on any atom is -0.496 e. The Morgan fingerprint density at radius 2 is 1.93 bits per heavy atom. The van der Waals surface area contributed by atoms with Gasteiger partial charge in [0.15, 0.2) is 6.10 Å². The van der Waals surface area contributed by atoms with Gasteiger partial charge in [-0.05, 0) is 25.1 Å². The van der Waals surface area contributed by atoms with Gasteiger partial charge < -0.3 is 13.9 Å². The molecule has 1 aromatic heterocycles. The molecule has 0 spiro atoms. The Kier molecular flexibility index (Phi) is 5.11. The highest BCUT2D eigenvalue weighted by Gasteiger charge is 2.24. The van der Waals surface area contributed by atoms with Gasteiger partial charge in [0.1, 0.15) is 11.3 Å². The number of nitro benzene ring substituents is 1. The van der Waals surface area contributed by atoms with E-state index in [9.17, 15) is 14.9 Å². The fourth-order valence-electron chi connectivity index (χ4n) is 2.34. The van der Waals surface area contributed by atoms with E-state index in [1.807, 2.05) is 30.3 Å². The molecule has 1 atom stereocenters. The summed E-state index contributed by atoms with van der Waals surface area (Å²) in [4.78, 5) is 22.8. The van der Waals surface area contributed by atoms with Gasteiger partial charge in [0.2, 0.25) is 5.89 Å². The summed E-state index contributed by atoms with van der Waals surface area (Å²) in [7, 11) is 1.35. The molecule has 0 saturated heterocycles. The summed E-state index contributed by atoms with van der Waals surface area (Å²) in [6.45, 7) is 1.56. The number of rotatable bonds is 6. The summed E-state index contributed by atoms with van der Waals surface area (Å²) in [5, 5.41) is 18.8. The fraction of sp³-hybridized carbons (Fsp3) is 0.167. The number of benzene rings is 2. The van der Waals surface area contributed by atoms with Crippen molar-refractivity contribution in [3.8, 4) is 17.2 Å². The molecule has 3 aromatic rings. The number of nitrogens with zero attached hydrogens (tertiary/aromatic N) is 3. The molecule has 0 amide bonds. The van der Waals surface area contributed by atoms with Crippen LogP contribution < -0.4 is 4.74 Å². The number of methoxy groups -OCH3 is 1. The molecule has 0 fully saturated rings. The first-order valence-corrected chi connectivity index (χ1v) is 7.92. The third-order valence-electron chi connectivity index (χ3n) is 3.71. The minimum absolute atomic E-state index is 0.0682. The molecular weight excluding hydrogens is 354 g/mol. The highest BCUT2D eigenvalue weighted by Crippen LogP contribution is 2.27. The molecule has 0 aliphatic heterocycles. The van der Waals surface area contributed by atoms with Crippen LogP contribution in [0.5, 0.6) is 5.75 Å². The Morgan fingerprint density at radius 1 is 1.19 bits per heavy atom. The standard InChI is InChI=1S/C18H15N3O6/c1-11(16-19-20-17(27-16)12-6-4-3-5-7-12)26-18(22)14-10-13(21(23)24)8-9-15(14)25-2/h3-11H,1-2H3.